The van der Waals surface area contributed by atoms with Gasteiger partial charge in [-0.3, -0.25) is 9.58 Å². The molecule has 4 aromatic rings. The zero-order chi connectivity index (χ0) is 21.5. The predicted octanol–water partition coefficient (Wildman–Crippen LogP) is 5.16. The number of aromatic nitrogens is 3. The summed E-state index contributed by atoms with van der Waals surface area (Å²) in [6, 6.07) is 15.4. The number of aryl methyl sites for hydroxylation is 3. The van der Waals surface area contributed by atoms with Crippen molar-refractivity contribution in [1.29, 1.82) is 0 Å². The molecule has 0 spiro atoms. The van der Waals surface area contributed by atoms with Crippen LogP contribution in [-0.4, -0.2) is 33.3 Å². The average Bonchev–Trinajstić information content (AvgIpc) is 3.33. The summed E-state index contributed by atoms with van der Waals surface area (Å²) in [6.07, 6.45) is 3.25. The Balaban J connectivity index is 1.62. The fourth-order valence-corrected chi connectivity index (χ4v) is 5.01. The number of nitrogens with zero attached hydrogens (tertiary/aromatic N) is 3. The third kappa shape index (κ3) is 3.43. The van der Waals surface area contributed by atoms with Gasteiger partial charge in [0.2, 0.25) is 0 Å². The minimum Gasteiger partial charge on any atom is -0.496 e. The van der Waals surface area contributed by atoms with E-state index in [-0.39, 0.29) is 6.04 Å². The number of rotatable bonds is 5. The van der Waals surface area contributed by atoms with Crippen molar-refractivity contribution >= 4 is 10.9 Å². The van der Waals surface area contributed by atoms with Crippen LogP contribution in [0.1, 0.15) is 46.6 Å². The molecule has 5 nitrogen and oxygen atoms in total. The van der Waals surface area contributed by atoms with E-state index in [1.54, 1.807) is 7.11 Å². The molecule has 5 heteroatoms. The van der Waals surface area contributed by atoms with Crippen molar-refractivity contribution in [1.82, 2.24) is 19.7 Å². The molecule has 1 N–H and O–H groups in total. The summed E-state index contributed by atoms with van der Waals surface area (Å²) in [5.41, 5.74) is 8.87. The second-order valence-electron chi connectivity index (χ2n) is 8.51. The van der Waals surface area contributed by atoms with Crippen molar-refractivity contribution in [2.24, 2.45) is 0 Å². The van der Waals surface area contributed by atoms with Crippen LogP contribution in [0.25, 0.3) is 10.9 Å². The van der Waals surface area contributed by atoms with Crippen molar-refractivity contribution in [2.75, 3.05) is 13.7 Å². The van der Waals surface area contributed by atoms with E-state index in [4.69, 9.17) is 4.74 Å². The molecule has 2 aromatic carbocycles. The number of ether oxygens (including phenoxy) is 1. The molecule has 0 radical (unpaired) electrons. The Hall–Kier alpha value is -3.05. The molecule has 0 bridgehead atoms. The van der Waals surface area contributed by atoms with Crippen LogP contribution in [0.4, 0.5) is 0 Å². The van der Waals surface area contributed by atoms with E-state index in [9.17, 15) is 0 Å². The van der Waals surface area contributed by atoms with Gasteiger partial charge in [0.1, 0.15) is 5.75 Å². The van der Waals surface area contributed by atoms with Crippen LogP contribution in [0.3, 0.4) is 0 Å². The standard InChI is InChI=1S/C26H30N4O/c1-5-30-16-20(18(3)28-30)15-29-13-12-22-21-8-6-7-9-23(21)27-25(22)26(29)19-10-11-24(31-4)17(2)14-19/h6-11,14,16,26-27H,5,12-13,15H2,1-4H3. The van der Waals surface area contributed by atoms with E-state index in [1.807, 2.05) is 4.68 Å². The van der Waals surface area contributed by atoms with E-state index in [1.165, 1.54) is 33.3 Å². The first kappa shape index (κ1) is 19.9. The highest BCUT2D eigenvalue weighted by atomic mass is 16.5. The Labute approximate surface area is 183 Å². The number of aromatic amines is 1. The summed E-state index contributed by atoms with van der Waals surface area (Å²) in [5.74, 6) is 0.933. The average molecular weight is 415 g/mol. The van der Waals surface area contributed by atoms with Gasteiger partial charge in [-0.1, -0.05) is 30.3 Å². The zero-order valence-corrected chi connectivity index (χ0v) is 18.8. The van der Waals surface area contributed by atoms with Crippen LogP contribution < -0.4 is 4.74 Å². The molecule has 31 heavy (non-hydrogen) atoms. The fourth-order valence-electron chi connectivity index (χ4n) is 5.01. The molecule has 0 aliphatic carbocycles. The number of hydrogen-bond donors (Lipinski definition) is 1. The third-order valence-electron chi connectivity index (χ3n) is 6.61. The van der Waals surface area contributed by atoms with Gasteiger partial charge in [-0.05, 0) is 56.0 Å². The number of methoxy groups -OCH3 is 1. The van der Waals surface area contributed by atoms with Crippen LogP contribution in [0.15, 0.2) is 48.7 Å². The summed E-state index contributed by atoms with van der Waals surface area (Å²) in [7, 11) is 1.74. The summed E-state index contributed by atoms with van der Waals surface area (Å²) >= 11 is 0. The molecule has 0 fully saturated rings. The molecule has 1 aliphatic rings. The zero-order valence-electron chi connectivity index (χ0n) is 18.8. The van der Waals surface area contributed by atoms with Gasteiger partial charge in [-0.25, -0.2) is 0 Å². The number of benzene rings is 2. The highest BCUT2D eigenvalue weighted by molar-refractivity contribution is 5.85. The van der Waals surface area contributed by atoms with Crippen molar-refractivity contribution in [3.05, 3.63) is 82.3 Å². The highest BCUT2D eigenvalue weighted by Crippen LogP contribution is 2.40. The normalized spacial score (nSPS) is 16.6. The smallest absolute Gasteiger partial charge is 0.121 e. The van der Waals surface area contributed by atoms with E-state index in [0.717, 1.165) is 43.1 Å². The fraction of sp³-hybridized carbons (Fsp3) is 0.346. The lowest BCUT2D eigenvalue weighted by atomic mass is 9.91. The number of hydrogen-bond acceptors (Lipinski definition) is 3. The first-order chi connectivity index (χ1) is 15.1. The molecule has 160 valence electrons. The molecular formula is C26H30N4O. The monoisotopic (exact) mass is 414 g/mol. The summed E-state index contributed by atoms with van der Waals surface area (Å²) in [5, 5.41) is 6.02. The quantitative estimate of drug-likeness (QED) is 0.491. The Kier molecular flexibility index (Phi) is 5.06. The second-order valence-corrected chi connectivity index (χ2v) is 8.51. The van der Waals surface area contributed by atoms with E-state index < -0.39 is 0 Å². The number of fused-ring (bicyclic) bond motifs is 3. The van der Waals surface area contributed by atoms with Crippen molar-refractivity contribution in [3.8, 4) is 5.75 Å². The summed E-state index contributed by atoms with van der Waals surface area (Å²) in [6.45, 7) is 9.17. The number of H-pyrrole nitrogens is 1. The third-order valence-corrected chi connectivity index (χ3v) is 6.61. The SMILES string of the molecule is CCn1cc(CN2CCc3c([nH]c4ccccc34)C2c2ccc(OC)c(C)c2)c(C)n1. The van der Waals surface area contributed by atoms with Gasteiger partial charge in [0.25, 0.3) is 0 Å². The Morgan fingerprint density at radius 2 is 2.00 bits per heavy atom. The molecule has 0 amide bonds. The topological polar surface area (TPSA) is 46.1 Å². The Bertz CT molecular complexity index is 1240. The maximum atomic E-state index is 5.53. The lowest BCUT2D eigenvalue weighted by molar-refractivity contribution is 0.201. The predicted molar refractivity (Wildman–Crippen MR) is 125 cm³/mol. The molecule has 0 saturated carbocycles. The lowest BCUT2D eigenvalue weighted by Gasteiger charge is -2.36. The van der Waals surface area contributed by atoms with Gasteiger partial charge in [0.05, 0.1) is 18.8 Å². The van der Waals surface area contributed by atoms with Crippen LogP contribution in [0.2, 0.25) is 0 Å². The first-order valence-electron chi connectivity index (χ1n) is 11.1. The second kappa shape index (κ2) is 7.89. The number of para-hydroxylation sites is 1. The molecule has 2 aromatic heterocycles. The van der Waals surface area contributed by atoms with Gasteiger partial charge in [0.15, 0.2) is 0 Å². The molecular weight excluding hydrogens is 384 g/mol. The van der Waals surface area contributed by atoms with Crippen LogP contribution in [-0.2, 0) is 19.5 Å². The minimum absolute atomic E-state index is 0.171. The first-order valence-corrected chi connectivity index (χ1v) is 11.1. The minimum atomic E-state index is 0.171. The highest BCUT2D eigenvalue weighted by Gasteiger charge is 2.32. The van der Waals surface area contributed by atoms with Crippen LogP contribution in [0, 0.1) is 13.8 Å². The Morgan fingerprint density at radius 1 is 1.16 bits per heavy atom. The summed E-state index contributed by atoms with van der Waals surface area (Å²) < 4.78 is 7.56. The van der Waals surface area contributed by atoms with Crippen LogP contribution >= 0.6 is 0 Å². The molecule has 0 saturated heterocycles. The lowest BCUT2D eigenvalue weighted by Crippen LogP contribution is -2.35. The van der Waals surface area contributed by atoms with E-state index in [2.05, 4.69) is 84.4 Å². The largest absolute Gasteiger partial charge is 0.496 e. The molecule has 1 aliphatic heterocycles. The summed E-state index contributed by atoms with van der Waals surface area (Å²) in [4.78, 5) is 6.35. The van der Waals surface area contributed by atoms with Gasteiger partial charge in [-0.15, -0.1) is 0 Å². The van der Waals surface area contributed by atoms with Gasteiger partial charge in [0, 0.05) is 48.0 Å². The van der Waals surface area contributed by atoms with Gasteiger partial charge in [-0.2, -0.15) is 5.10 Å². The maximum absolute atomic E-state index is 5.53. The molecule has 1 unspecified atom stereocenters. The Morgan fingerprint density at radius 3 is 2.74 bits per heavy atom. The molecule has 3 heterocycles. The number of nitrogens with one attached hydrogen (secondary N) is 1. The van der Waals surface area contributed by atoms with E-state index in [0.29, 0.717) is 0 Å². The molecule has 1 atom stereocenters. The maximum Gasteiger partial charge on any atom is 0.121 e. The van der Waals surface area contributed by atoms with Crippen molar-refractivity contribution in [3.63, 3.8) is 0 Å². The van der Waals surface area contributed by atoms with Crippen molar-refractivity contribution in [2.45, 2.75) is 46.3 Å². The van der Waals surface area contributed by atoms with Crippen molar-refractivity contribution < 1.29 is 4.74 Å². The van der Waals surface area contributed by atoms with E-state index >= 15 is 0 Å². The van der Waals surface area contributed by atoms with Crippen LogP contribution in [0.5, 0.6) is 5.75 Å². The van der Waals surface area contributed by atoms with Gasteiger partial charge < -0.3 is 9.72 Å². The molecule has 5 rings (SSSR count). The van der Waals surface area contributed by atoms with Gasteiger partial charge >= 0.3 is 0 Å².